The van der Waals surface area contributed by atoms with Crippen molar-refractivity contribution in [1.82, 2.24) is 0 Å². The number of carbonyl (C=O) groups excluding carboxylic acids is 1. The summed E-state index contributed by atoms with van der Waals surface area (Å²) >= 11 is 0. The molecule has 0 radical (unpaired) electrons. The zero-order valence-corrected chi connectivity index (χ0v) is 7.48. The highest BCUT2D eigenvalue weighted by atomic mass is 16.1. The fraction of sp³-hybridized carbons (Fsp3) is 0. The van der Waals surface area contributed by atoms with Gasteiger partial charge in [-0.3, -0.25) is 10.2 Å². The van der Waals surface area contributed by atoms with E-state index in [1.807, 2.05) is 0 Å². The molecule has 0 atom stereocenters. The zero-order valence-electron chi connectivity index (χ0n) is 7.48. The number of nitrogens with zero attached hydrogens (tertiary/aromatic N) is 3. The van der Waals surface area contributed by atoms with Crippen LogP contribution in [0.5, 0.6) is 0 Å². The summed E-state index contributed by atoms with van der Waals surface area (Å²) in [5.41, 5.74) is -0.455. The van der Waals surface area contributed by atoms with Crippen molar-refractivity contribution in [3.8, 4) is 18.2 Å². The third kappa shape index (κ3) is 4.01. The van der Waals surface area contributed by atoms with Crippen LogP contribution in [-0.4, -0.2) is 12.2 Å². The molecule has 0 rings (SSSR count). The first-order valence-electron chi connectivity index (χ1n) is 3.60. The number of carbonyl (C=O) groups is 1. The van der Waals surface area contributed by atoms with Crippen molar-refractivity contribution in [2.75, 3.05) is 0 Å². The topological polar surface area (TPSA) is 112 Å². The molecule has 70 valence electrons. The van der Waals surface area contributed by atoms with Crippen LogP contribution in [0.4, 0.5) is 0 Å². The average Bonchev–Trinajstić information content (AvgIpc) is 2.30. The number of hydrogen-bond donors (Lipinski definition) is 1. The van der Waals surface area contributed by atoms with Gasteiger partial charge in [0.2, 0.25) is 0 Å². The molecule has 5 nitrogen and oxygen atoms in total. The fourth-order valence-corrected chi connectivity index (χ4v) is 0.629. The van der Waals surface area contributed by atoms with Gasteiger partial charge in [-0.15, -0.1) is 0 Å². The molecule has 1 N–H and O–H groups in total. The quantitative estimate of drug-likeness (QED) is 0.236. The lowest BCUT2D eigenvalue weighted by molar-refractivity contribution is -0.104. The zero-order chi connectivity index (χ0) is 11.7. The maximum atomic E-state index is 10.5. The van der Waals surface area contributed by atoms with E-state index in [0.29, 0.717) is 6.29 Å². The lowest BCUT2D eigenvalue weighted by Gasteiger charge is -1.87. The number of aldehydes is 1. The highest BCUT2D eigenvalue weighted by molar-refractivity contribution is 5.82. The number of rotatable bonds is 3. The summed E-state index contributed by atoms with van der Waals surface area (Å²) < 4.78 is 0. The van der Waals surface area contributed by atoms with Crippen LogP contribution in [0.2, 0.25) is 0 Å². The number of nitriles is 3. The molecule has 0 aromatic carbocycles. The van der Waals surface area contributed by atoms with Crippen molar-refractivity contribution in [3.05, 3.63) is 28.9 Å². The van der Waals surface area contributed by atoms with Crippen LogP contribution < -0.4 is 0 Å². The SMILES string of the molecule is N#CC(=C=N)/C=C(\C=O)C=C(C#N)C#N. The monoisotopic (exact) mass is 196 g/mol. The highest BCUT2D eigenvalue weighted by Crippen LogP contribution is 2.02. The number of nitrogens with one attached hydrogen (secondary N) is 1. The standard InChI is InChI=1S/C10H4N4O/c11-3-9(4-12)1-8(7-15)2-10(5-13)6-14/h1-2,7,11H/b8-1-. The predicted molar refractivity (Wildman–Crippen MR) is 50.3 cm³/mol. The van der Waals surface area contributed by atoms with Crippen LogP contribution in [0, 0.1) is 39.4 Å². The maximum absolute atomic E-state index is 10.5. The first kappa shape index (κ1) is 12.1. The molecule has 0 aromatic rings. The Morgan fingerprint density at radius 1 is 1.07 bits per heavy atom. The smallest absolute Gasteiger partial charge is 0.150 e. The molecule has 0 heterocycles. The van der Waals surface area contributed by atoms with E-state index in [-0.39, 0.29) is 16.7 Å². The summed E-state index contributed by atoms with van der Waals surface area (Å²) in [5.74, 6) is 1.80. The van der Waals surface area contributed by atoms with Crippen molar-refractivity contribution >= 4 is 12.2 Å². The second-order valence-electron chi connectivity index (χ2n) is 2.19. The molecule has 0 unspecified atom stereocenters. The second kappa shape index (κ2) is 6.57. The largest absolute Gasteiger partial charge is 0.298 e. The molecule has 0 saturated carbocycles. The molecule has 0 amide bonds. The van der Waals surface area contributed by atoms with E-state index in [1.54, 1.807) is 24.1 Å². The van der Waals surface area contributed by atoms with E-state index in [2.05, 4.69) is 0 Å². The van der Waals surface area contributed by atoms with Gasteiger partial charge in [0.25, 0.3) is 0 Å². The van der Waals surface area contributed by atoms with E-state index in [1.165, 1.54) is 0 Å². The number of allylic oxidation sites excluding steroid dienone is 5. The molecule has 0 fully saturated rings. The average molecular weight is 196 g/mol. The van der Waals surface area contributed by atoms with Gasteiger partial charge < -0.3 is 0 Å². The van der Waals surface area contributed by atoms with Crippen LogP contribution >= 0.6 is 0 Å². The van der Waals surface area contributed by atoms with Gasteiger partial charge in [-0.05, 0) is 18.0 Å². The Hall–Kier alpha value is -2.93. The highest BCUT2D eigenvalue weighted by Gasteiger charge is 1.98. The van der Waals surface area contributed by atoms with Crippen molar-refractivity contribution < 1.29 is 4.79 Å². The van der Waals surface area contributed by atoms with Crippen LogP contribution in [0.25, 0.3) is 0 Å². The van der Waals surface area contributed by atoms with E-state index in [0.717, 1.165) is 12.2 Å². The predicted octanol–water partition coefficient (Wildman–Crippen LogP) is 0.784. The summed E-state index contributed by atoms with van der Waals surface area (Å²) in [6, 6.07) is 4.75. The summed E-state index contributed by atoms with van der Waals surface area (Å²) in [4.78, 5) is 10.5. The minimum Gasteiger partial charge on any atom is -0.298 e. The molecular weight excluding hydrogens is 192 g/mol. The van der Waals surface area contributed by atoms with Crippen molar-refractivity contribution in [2.45, 2.75) is 0 Å². The van der Waals surface area contributed by atoms with Crippen LogP contribution in [0.15, 0.2) is 28.9 Å². The number of hydrogen-bond acceptors (Lipinski definition) is 5. The van der Waals surface area contributed by atoms with Gasteiger partial charge >= 0.3 is 0 Å². The van der Waals surface area contributed by atoms with E-state index in [9.17, 15) is 4.79 Å². The summed E-state index contributed by atoms with van der Waals surface area (Å²) in [6.45, 7) is 0. The van der Waals surface area contributed by atoms with E-state index >= 15 is 0 Å². The van der Waals surface area contributed by atoms with Gasteiger partial charge in [0.15, 0.2) is 0 Å². The summed E-state index contributed by atoms with van der Waals surface area (Å²) in [7, 11) is 0. The Kier molecular flexibility index (Phi) is 5.29. The maximum Gasteiger partial charge on any atom is 0.150 e. The Morgan fingerprint density at radius 3 is 2.00 bits per heavy atom. The van der Waals surface area contributed by atoms with Gasteiger partial charge in [-0.1, -0.05) is 0 Å². The lowest BCUT2D eigenvalue weighted by Crippen LogP contribution is -1.84. The minimum atomic E-state index is -0.254. The lowest BCUT2D eigenvalue weighted by atomic mass is 10.1. The van der Waals surface area contributed by atoms with E-state index < -0.39 is 0 Å². The van der Waals surface area contributed by atoms with Gasteiger partial charge in [0, 0.05) is 5.57 Å². The Bertz CT molecular complexity index is 483. The molecule has 0 bridgehead atoms. The van der Waals surface area contributed by atoms with Gasteiger partial charge in [0.05, 0.1) is 0 Å². The Labute approximate surface area is 86.0 Å². The van der Waals surface area contributed by atoms with Crippen LogP contribution in [-0.2, 0) is 4.79 Å². The fourth-order valence-electron chi connectivity index (χ4n) is 0.629. The molecule has 0 aliphatic rings. The summed E-state index contributed by atoms with van der Waals surface area (Å²) in [5, 5.41) is 31.9. The molecule has 0 saturated heterocycles. The van der Waals surface area contributed by atoms with Gasteiger partial charge in [0.1, 0.15) is 35.6 Å². The first-order valence-corrected chi connectivity index (χ1v) is 3.60. The molecule has 0 aromatic heterocycles. The molecule has 0 aliphatic heterocycles. The van der Waals surface area contributed by atoms with Crippen molar-refractivity contribution in [2.24, 2.45) is 0 Å². The van der Waals surface area contributed by atoms with Crippen LogP contribution in [0.1, 0.15) is 0 Å². The molecule has 0 aliphatic carbocycles. The van der Waals surface area contributed by atoms with Gasteiger partial charge in [-0.25, -0.2) is 0 Å². The van der Waals surface area contributed by atoms with Gasteiger partial charge in [-0.2, -0.15) is 15.8 Å². The van der Waals surface area contributed by atoms with Crippen LogP contribution in [0.3, 0.4) is 0 Å². The second-order valence-corrected chi connectivity index (χ2v) is 2.19. The van der Waals surface area contributed by atoms with E-state index in [4.69, 9.17) is 21.2 Å². The molecule has 5 heteroatoms. The van der Waals surface area contributed by atoms with Crippen molar-refractivity contribution in [1.29, 1.82) is 21.2 Å². The molecule has 0 spiro atoms. The first-order chi connectivity index (χ1) is 7.21. The Morgan fingerprint density at radius 2 is 1.67 bits per heavy atom. The third-order valence-electron chi connectivity index (χ3n) is 1.25. The normalized spacial score (nSPS) is 8.47. The van der Waals surface area contributed by atoms with Crippen molar-refractivity contribution in [3.63, 3.8) is 0 Å². The summed E-state index contributed by atoms with van der Waals surface area (Å²) in [6.07, 6.45) is 2.47. The minimum absolute atomic E-state index is 0.0376. The molecular formula is C10H4N4O. The Balaban J connectivity index is 5.34. The molecule has 15 heavy (non-hydrogen) atoms. The third-order valence-corrected chi connectivity index (χ3v) is 1.25.